The number of halogens is 1. The van der Waals surface area contributed by atoms with Crippen molar-refractivity contribution in [2.24, 2.45) is 0 Å². The van der Waals surface area contributed by atoms with Crippen molar-refractivity contribution in [1.82, 2.24) is 0 Å². The highest BCUT2D eigenvalue weighted by atomic mass is 35.5. The Hall–Kier alpha value is -2.79. The summed E-state index contributed by atoms with van der Waals surface area (Å²) in [5.41, 5.74) is 1.42. The minimum atomic E-state index is -1.35. The number of carboxylic acid groups (broad SMARTS) is 1. The van der Waals surface area contributed by atoms with Crippen molar-refractivity contribution in [2.45, 2.75) is 33.3 Å². The summed E-state index contributed by atoms with van der Waals surface area (Å²) < 4.78 is 11.3. The Labute approximate surface area is 162 Å². The van der Waals surface area contributed by atoms with Gasteiger partial charge in [-0.05, 0) is 74.7 Å². The van der Waals surface area contributed by atoms with Gasteiger partial charge in [0, 0.05) is 11.1 Å². The van der Waals surface area contributed by atoms with Gasteiger partial charge in [-0.15, -0.1) is 0 Å². The van der Waals surface area contributed by atoms with Crippen LogP contribution in [0.1, 0.15) is 40.9 Å². The van der Waals surface area contributed by atoms with E-state index in [1.165, 1.54) is 13.8 Å². The zero-order valence-corrected chi connectivity index (χ0v) is 16.2. The quantitative estimate of drug-likeness (QED) is 0.763. The van der Waals surface area contributed by atoms with Crippen LogP contribution in [0.4, 0.5) is 0 Å². The Morgan fingerprint density at radius 3 is 2.41 bits per heavy atom. The van der Waals surface area contributed by atoms with Gasteiger partial charge in [0.1, 0.15) is 11.5 Å². The van der Waals surface area contributed by atoms with Crippen LogP contribution in [0.15, 0.2) is 36.1 Å². The van der Waals surface area contributed by atoms with Crippen LogP contribution < -0.4 is 9.47 Å². The average molecular weight is 387 g/mol. The van der Waals surface area contributed by atoms with Gasteiger partial charge in [-0.3, -0.25) is 4.79 Å². The maximum atomic E-state index is 12.5. The number of hydrogen-bond acceptors (Lipinski definition) is 4. The summed E-state index contributed by atoms with van der Waals surface area (Å²) in [5, 5.41) is 9.76. The molecule has 27 heavy (non-hydrogen) atoms. The van der Waals surface area contributed by atoms with Crippen LogP contribution in [-0.4, -0.2) is 22.5 Å². The summed E-state index contributed by atoms with van der Waals surface area (Å²) in [5.74, 6) is -0.0857. The van der Waals surface area contributed by atoms with Crippen molar-refractivity contribution < 1.29 is 24.2 Å². The zero-order chi connectivity index (χ0) is 19.9. The molecule has 1 heterocycles. The Bertz CT molecular complexity index is 965. The molecule has 0 saturated heterocycles. The molecular formula is C21H19ClO5. The highest BCUT2D eigenvalue weighted by Crippen LogP contribution is 2.35. The van der Waals surface area contributed by atoms with E-state index in [4.69, 9.17) is 21.1 Å². The molecule has 0 bridgehead atoms. The molecule has 1 aliphatic rings. The number of fused-ring (bicyclic) bond motifs is 1. The van der Waals surface area contributed by atoms with Crippen LogP contribution in [0.5, 0.6) is 11.5 Å². The van der Waals surface area contributed by atoms with Crippen LogP contribution in [0.2, 0.25) is 5.02 Å². The molecule has 0 atom stereocenters. The third-order valence-corrected chi connectivity index (χ3v) is 4.52. The van der Waals surface area contributed by atoms with Gasteiger partial charge in [0.2, 0.25) is 5.78 Å². The lowest BCUT2D eigenvalue weighted by Crippen LogP contribution is -2.38. The number of ether oxygens (including phenoxy) is 2. The van der Waals surface area contributed by atoms with Gasteiger partial charge in [0.05, 0.1) is 5.56 Å². The molecule has 1 aliphatic heterocycles. The van der Waals surface area contributed by atoms with Gasteiger partial charge in [0.25, 0.3) is 0 Å². The number of hydrogen-bond donors (Lipinski definition) is 1. The molecule has 0 spiro atoms. The predicted octanol–water partition coefficient (Wildman–Crippen LogP) is 4.82. The molecule has 2 aromatic rings. The van der Waals surface area contributed by atoms with E-state index in [2.05, 4.69) is 0 Å². The number of aryl methyl sites for hydroxylation is 2. The molecule has 0 radical (unpaired) electrons. The first-order chi connectivity index (χ1) is 12.6. The van der Waals surface area contributed by atoms with Gasteiger partial charge in [0.15, 0.2) is 11.4 Å². The molecule has 1 N–H and O–H groups in total. The summed E-state index contributed by atoms with van der Waals surface area (Å²) in [6, 6.07) is 8.54. The second-order valence-corrected chi connectivity index (χ2v) is 7.42. The van der Waals surface area contributed by atoms with Gasteiger partial charge in [-0.1, -0.05) is 11.6 Å². The first kappa shape index (κ1) is 19.0. The van der Waals surface area contributed by atoms with Crippen molar-refractivity contribution >= 4 is 29.4 Å². The van der Waals surface area contributed by atoms with Crippen molar-refractivity contribution in [3.8, 4) is 11.5 Å². The zero-order valence-electron chi connectivity index (χ0n) is 15.4. The first-order valence-corrected chi connectivity index (χ1v) is 8.74. The van der Waals surface area contributed by atoms with E-state index in [0.29, 0.717) is 22.1 Å². The molecule has 2 aromatic carbocycles. The fourth-order valence-corrected chi connectivity index (χ4v) is 3.00. The molecule has 140 valence electrons. The first-order valence-electron chi connectivity index (χ1n) is 8.36. The van der Waals surface area contributed by atoms with E-state index < -0.39 is 11.6 Å². The van der Waals surface area contributed by atoms with E-state index in [9.17, 15) is 14.7 Å². The number of carboxylic acids is 1. The smallest absolute Gasteiger partial charge is 0.347 e. The Balaban J connectivity index is 1.93. The normalized spacial score (nSPS) is 14.9. The standard InChI is InChI=1S/C21H19ClO5/c1-11-7-13(8-12(2)19(11)27-21(3,4)20(24)25)9-17-18(23)15-6-5-14(22)10-16(15)26-17/h5-10H,1-4H3,(H,24,25)/b17-9-. The third-order valence-electron chi connectivity index (χ3n) is 4.28. The van der Waals surface area contributed by atoms with Crippen LogP contribution in [0.3, 0.4) is 0 Å². The molecule has 3 rings (SSSR count). The fraction of sp³-hybridized carbons (Fsp3) is 0.238. The topological polar surface area (TPSA) is 72.8 Å². The molecule has 0 unspecified atom stereocenters. The van der Waals surface area contributed by atoms with E-state index in [1.54, 1.807) is 24.3 Å². The van der Waals surface area contributed by atoms with Crippen molar-refractivity contribution in [2.75, 3.05) is 0 Å². The van der Waals surface area contributed by atoms with Crippen molar-refractivity contribution in [1.29, 1.82) is 0 Å². The van der Waals surface area contributed by atoms with Crippen LogP contribution >= 0.6 is 11.6 Å². The van der Waals surface area contributed by atoms with E-state index >= 15 is 0 Å². The maximum absolute atomic E-state index is 12.5. The number of ketones is 1. The molecule has 0 saturated carbocycles. The lowest BCUT2D eigenvalue weighted by atomic mass is 10.0. The van der Waals surface area contributed by atoms with Crippen LogP contribution in [-0.2, 0) is 4.79 Å². The summed E-state index contributed by atoms with van der Waals surface area (Å²) in [6.45, 7) is 6.65. The summed E-state index contributed by atoms with van der Waals surface area (Å²) >= 11 is 5.95. The summed E-state index contributed by atoms with van der Waals surface area (Å²) in [7, 11) is 0. The van der Waals surface area contributed by atoms with Gasteiger partial charge < -0.3 is 14.6 Å². The van der Waals surface area contributed by atoms with Crippen LogP contribution in [0, 0.1) is 13.8 Å². The third kappa shape index (κ3) is 3.69. The second kappa shape index (κ2) is 6.74. The largest absolute Gasteiger partial charge is 0.478 e. The molecule has 0 fully saturated rings. The lowest BCUT2D eigenvalue weighted by molar-refractivity contribution is -0.152. The van der Waals surface area contributed by atoms with Crippen molar-refractivity contribution in [3.05, 3.63) is 63.4 Å². The fourth-order valence-electron chi connectivity index (χ4n) is 2.84. The number of aliphatic carboxylic acids is 1. The summed E-state index contributed by atoms with van der Waals surface area (Å²) in [4.78, 5) is 23.8. The number of carbonyl (C=O) groups is 2. The molecule has 0 amide bonds. The molecule has 0 aromatic heterocycles. The number of benzene rings is 2. The highest BCUT2D eigenvalue weighted by Gasteiger charge is 2.31. The highest BCUT2D eigenvalue weighted by molar-refractivity contribution is 6.31. The van der Waals surface area contributed by atoms with Gasteiger partial charge in [-0.2, -0.15) is 0 Å². The monoisotopic (exact) mass is 386 g/mol. The molecule has 5 nitrogen and oxygen atoms in total. The Morgan fingerprint density at radius 2 is 1.81 bits per heavy atom. The number of allylic oxidation sites excluding steroid dienone is 1. The molecule has 6 heteroatoms. The van der Waals surface area contributed by atoms with E-state index in [1.807, 2.05) is 26.0 Å². The number of carbonyl (C=O) groups excluding carboxylic acids is 1. The minimum Gasteiger partial charge on any atom is -0.478 e. The number of rotatable bonds is 4. The molecule has 0 aliphatic carbocycles. The number of Topliss-reactive ketones (excluding diaryl/α,β-unsaturated/α-hetero) is 1. The Kier molecular flexibility index (Phi) is 4.74. The Morgan fingerprint density at radius 1 is 1.19 bits per heavy atom. The predicted molar refractivity (Wildman–Crippen MR) is 103 cm³/mol. The average Bonchev–Trinajstić information content (AvgIpc) is 2.86. The van der Waals surface area contributed by atoms with Crippen LogP contribution in [0.25, 0.3) is 6.08 Å². The molecular weight excluding hydrogens is 368 g/mol. The van der Waals surface area contributed by atoms with E-state index in [0.717, 1.165) is 16.7 Å². The maximum Gasteiger partial charge on any atom is 0.347 e. The second-order valence-electron chi connectivity index (χ2n) is 6.98. The summed E-state index contributed by atoms with van der Waals surface area (Å²) in [6.07, 6.45) is 1.66. The SMILES string of the molecule is Cc1cc(/C=C2\Oc3cc(Cl)ccc3C2=O)cc(C)c1OC(C)(C)C(=O)O. The van der Waals surface area contributed by atoms with Gasteiger partial charge >= 0.3 is 5.97 Å². The van der Waals surface area contributed by atoms with Crippen molar-refractivity contribution in [3.63, 3.8) is 0 Å². The lowest BCUT2D eigenvalue weighted by Gasteiger charge is -2.24. The van der Waals surface area contributed by atoms with Gasteiger partial charge in [-0.25, -0.2) is 4.79 Å². The van der Waals surface area contributed by atoms with E-state index in [-0.39, 0.29) is 11.5 Å². The minimum absolute atomic E-state index is 0.204.